The summed E-state index contributed by atoms with van der Waals surface area (Å²) in [5.74, 6) is -0.106. The van der Waals surface area contributed by atoms with Gasteiger partial charge in [0.1, 0.15) is 0 Å². The Kier molecular flexibility index (Phi) is 5.51. The SMILES string of the molecule is CC(C)NCCS(=O)(=O)Nc1cccc(S(N)(=O)=O)c1. The molecule has 0 saturated heterocycles. The van der Waals surface area contributed by atoms with Crippen molar-refractivity contribution in [2.75, 3.05) is 17.0 Å². The van der Waals surface area contributed by atoms with Gasteiger partial charge in [-0.1, -0.05) is 19.9 Å². The molecule has 0 heterocycles. The minimum Gasteiger partial charge on any atom is -0.313 e. The number of nitrogens with one attached hydrogen (secondary N) is 2. The summed E-state index contributed by atoms with van der Waals surface area (Å²) < 4.78 is 48.3. The van der Waals surface area contributed by atoms with E-state index in [-0.39, 0.29) is 22.4 Å². The summed E-state index contributed by atoms with van der Waals surface area (Å²) in [7, 11) is -7.40. The number of nitrogens with two attached hydrogens (primary N) is 1. The van der Waals surface area contributed by atoms with Gasteiger partial charge >= 0.3 is 0 Å². The Balaban J connectivity index is 2.78. The topological polar surface area (TPSA) is 118 Å². The first-order valence-corrected chi connectivity index (χ1v) is 9.17. The van der Waals surface area contributed by atoms with E-state index in [2.05, 4.69) is 10.0 Å². The molecule has 1 aromatic carbocycles. The van der Waals surface area contributed by atoms with Gasteiger partial charge in [-0.05, 0) is 18.2 Å². The fourth-order valence-electron chi connectivity index (χ4n) is 1.45. The maximum Gasteiger partial charge on any atom is 0.238 e. The molecule has 0 spiro atoms. The van der Waals surface area contributed by atoms with Crippen molar-refractivity contribution in [1.82, 2.24) is 5.32 Å². The molecule has 1 aromatic rings. The lowest BCUT2D eigenvalue weighted by Gasteiger charge is -2.11. The highest BCUT2D eigenvalue weighted by Gasteiger charge is 2.13. The molecule has 0 aromatic heterocycles. The summed E-state index contributed by atoms with van der Waals surface area (Å²) in [6, 6.07) is 5.55. The van der Waals surface area contributed by atoms with Crippen LogP contribution in [0.15, 0.2) is 29.2 Å². The van der Waals surface area contributed by atoms with Crippen LogP contribution >= 0.6 is 0 Å². The molecule has 0 bridgehead atoms. The van der Waals surface area contributed by atoms with Gasteiger partial charge < -0.3 is 5.32 Å². The minimum absolute atomic E-state index is 0.106. The molecule has 20 heavy (non-hydrogen) atoms. The summed E-state index contributed by atoms with van der Waals surface area (Å²) in [5, 5.41) is 7.98. The molecule has 0 aliphatic heterocycles. The van der Waals surface area contributed by atoms with Gasteiger partial charge in [-0.15, -0.1) is 0 Å². The molecular weight excluding hydrogens is 302 g/mol. The van der Waals surface area contributed by atoms with E-state index in [1.54, 1.807) is 0 Å². The number of hydrogen-bond donors (Lipinski definition) is 3. The average molecular weight is 321 g/mol. The molecule has 9 heteroatoms. The van der Waals surface area contributed by atoms with Crippen molar-refractivity contribution in [3.63, 3.8) is 0 Å². The van der Waals surface area contributed by atoms with E-state index in [9.17, 15) is 16.8 Å². The van der Waals surface area contributed by atoms with Crippen molar-refractivity contribution in [1.29, 1.82) is 0 Å². The lowest BCUT2D eigenvalue weighted by Crippen LogP contribution is -2.31. The Bertz CT molecular complexity index is 654. The number of benzene rings is 1. The average Bonchev–Trinajstić information content (AvgIpc) is 2.26. The van der Waals surface area contributed by atoms with E-state index in [1.807, 2.05) is 13.8 Å². The number of rotatable bonds is 7. The Labute approximate surface area is 119 Å². The van der Waals surface area contributed by atoms with Crippen molar-refractivity contribution in [3.05, 3.63) is 24.3 Å². The molecule has 114 valence electrons. The number of anilines is 1. The first kappa shape index (κ1) is 16.9. The van der Waals surface area contributed by atoms with Crippen molar-refractivity contribution in [2.45, 2.75) is 24.8 Å². The number of sulfonamides is 2. The van der Waals surface area contributed by atoms with Crippen LogP contribution in [0.25, 0.3) is 0 Å². The smallest absolute Gasteiger partial charge is 0.238 e. The van der Waals surface area contributed by atoms with Gasteiger partial charge in [0.05, 0.1) is 10.6 Å². The quantitative estimate of drug-likeness (QED) is 0.657. The fraction of sp³-hybridized carbons (Fsp3) is 0.455. The van der Waals surface area contributed by atoms with Crippen molar-refractivity contribution in [3.8, 4) is 0 Å². The zero-order valence-electron chi connectivity index (χ0n) is 11.3. The van der Waals surface area contributed by atoms with Gasteiger partial charge in [-0.3, -0.25) is 4.72 Å². The predicted molar refractivity (Wildman–Crippen MR) is 78.4 cm³/mol. The van der Waals surface area contributed by atoms with E-state index >= 15 is 0 Å². The Morgan fingerprint density at radius 1 is 1.20 bits per heavy atom. The third-order valence-electron chi connectivity index (χ3n) is 2.36. The monoisotopic (exact) mass is 321 g/mol. The minimum atomic E-state index is -3.86. The summed E-state index contributed by atoms with van der Waals surface area (Å²) in [5.41, 5.74) is 0.168. The van der Waals surface area contributed by atoms with Crippen LogP contribution in [0.1, 0.15) is 13.8 Å². The lowest BCUT2D eigenvalue weighted by atomic mass is 10.3. The third-order valence-corrected chi connectivity index (χ3v) is 4.56. The first-order chi connectivity index (χ1) is 9.10. The van der Waals surface area contributed by atoms with Gasteiger partial charge in [0, 0.05) is 18.3 Å². The van der Waals surface area contributed by atoms with Crippen LogP contribution in [0.4, 0.5) is 5.69 Å². The molecule has 0 fully saturated rings. The molecule has 0 radical (unpaired) electrons. The zero-order chi connectivity index (χ0) is 15.4. The molecule has 0 aliphatic carbocycles. The Morgan fingerprint density at radius 3 is 2.40 bits per heavy atom. The van der Waals surface area contributed by atoms with Crippen molar-refractivity contribution >= 4 is 25.7 Å². The highest BCUT2D eigenvalue weighted by molar-refractivity contribution is 7.92. The molecule has 0 saturated carbocycles. The standard InChI is InChI=1S/C11H19N3O4S2/c1-9(2)13-6-7-19(15,16)14-10-4-3-5-11(8-10)20(12,17)18/h3-5,8-9,13-14H,6-7H2,1-2H3,(H2,12,17,18). The van der Waals surface area contributed by atoms with Crippen LogP contribution in [0.2, 0.25) is 0 Å². The molecule has 7 nitrogen and oxygen atoms in total. The van der Waals surface area contributed by atoms with E-state index in [0.29, 0.717) is 6.54 Å². The second kappa shape index (κ2) is 6.53. The highest BCUT2D eigenvalue weighted by Crippen LogP contribution is 2.15. The molecule has 1 rings (SSSR count). The normalized spacial score (nSPS) is 12.6. The maximum absolute atomic E-state index is 11.8. The second-order valence-electron chi connectivity index (χ2n) is 4.60. The van der Waals surface area contributed by atoms with Crippen LogP contribution in [0.3, 0.4) is 0 Å². The van der Waals surface area contributed by atoms with Crippen LogP contribution in [-0.2, 0) is 20.0 Å². The second-order valence-corrected chi connectivity index (χ2v) is 8.01. The molecule has 0 unspecified atom stereocenters. The summed E-state index contributed by atoms with van der Waals surface area (Å²) in [4.78, 5) is -0.141. The van der Waals surface area contributed by atoms with Crippen LogP contribution in [0.5, 0.6) is 0 Å². The Hall–Kier alpha value is -1.16. The fourth-order valence-corrected chi connectivity index (χ4v) is 2.98. The van der Waals surface area contributed by atoms with E-state index in [1.165, 1.54) is 24.3 Å². The number of hydrogen-bond acceptors (Lipinski definition) is 5. The molecular formula is C11H19N3O4S2. The summed E-state index contributed by atoms with van der Waals surface area (Å²) >= 11 is 0. The van der Waals surface area contributed by atoms with Crippen molar-refractivity contribution in [2.24, 2.45) is 5.14 Å². The third kappa shape index (κ3) is 5.87. The van der Waals surface area contributed by atoms with E-state index in [4.69, 9.17) is 5.14 Å². The summed E-state index contributed by atoms with van der Waals surface area (Å²) in [6.45, 7) is 4.13. The Morgan fingerprint density at radius 2 is 1.85 bits per heavy atom. The molecule has 4 N–H and O–H groups in total. The van der Waals surface area contributed by atoms with Gasteiger partial charge in [-0.2, -0.15) is 0 Å². The van der Waals surface area contributed by atoms with Crippen LogP contribution in [-0.4, -0.2) is 35.2 Å². The zero-order valence-corrected chi connectivity index (χ0v) is 13.0. The van der Waals surface area contributed by atoms with E-state index in [0.717, 1.165) is 0 Å². The highest BCUT2D eigenvalue weighted by atomic mass is 32.2. The van der Waals surface area contributed by atoms with Gasteiger partial charge in [0.2, 0.25) is 20.0 Å². The maximum atomic E-state index is 11.8. The lowest BCUT2D eigenvalue weighted by molar-refractivity contribution is 0.581. The molecule has 0 amide bonds. The predicted octanol–water partition coefficient (Wildman–Crippen LogP) is 0.0737. The van der Waals surface area contributed by atoms with Gasteiger partial charge in [0.15, 0.2) is 0 Å². The van der Waals surface area contributed by atoms with Gasteiger partial charge in [0.25, 0.3) is 0 Å². The van der Waals surface area contributed by atoms with Crippen LogP contribution < -0.4 is 15.2 Å². The first-order valence-electron chi connectivity index (χ1n) is 5.97. The molecule has 0 aliphatic rings. The molecule has 0 atom stereocenters. The van der Waals surface area contributed by atoms with E-state index < -0.39 is 20.0 Å². The summed E-state index contributed by atoms with van der Waals surface area (Å²) in [6.07, 6.45) is 0. The number of primary sulfonamides is 1. The van der Waals surface area contributed by atoms with Crippen molar-refractivity contribution < 1.29 is 16.8 Å². The van der Waals surface area contributed by atoms with Crippen LogP contribution in [0, 0.1) is 0 Å². The largest absolute Gasteiger partial charge is 0.313 e. The van der Waals surface area contributed by atoms with Gasteiger partial charge in [-0.25, -0.2) is 22.0 Å².